The molecule has 3 aliphatic rings. The number of nitrogens with zero attached hydrogens (tertiary/aromatic N) is 1. The maximum atomic E-state index is 6.32. The first-order valence-electron chi connectivity index (χ1n) is 10.9. The number of hydrogen-bond acceptors (Lipinski definition) is 5. The number of hydrogen-bond donors (Lipinski definition) is 0. The molecule has 0 radical (unpaired) electrons. The van der Waals surface area contributed by atoms with Crippen molar-refractivity contribution < 1.29 is 18.9 Å². The Hall–Kier alpha value is -1.14. The molecule has 3 fully saturated rings. The maximum absolute atomic E-state index is 6.32. The summed E-state index contributed by atoms with van der Waals surface area (Å²) >= 11 is 0. The molecule has 0 unspecified atom stereocenters. The Kier molecular flexibility index (Phi) is 6.89. The molecule has 2 aliphatic heterocycles. The lowest BCUT2D eigenvalue weighted by Crippen LogP contribution is -2.42. The fraction of sp³-hybridized carbons (Fsp3) is 0.739. The van der Waals surface area contributed by atoms with Crippen molar-refractivity contribution in [3.63, 3.8) is 0 Å². The molecule has 0 amide bonds. The highest BCUT2D eigenvalue weighted by Gasteiger charge is 2.45. The molecule has 156 valence electrons. The molecule has 0 aromatic heterocycles. The van der Waals surface area contributed by atoms with Crippen LogP contribution in [-0.4, -0.2) is 63.7 Å². The average molecular weight is 390 g/mol. The molecule has 5 nitrogen and oxygen atoms in total. The number of likely N-dealkylation sites (tertiary alicyclic amines) is 1. The van der Waals surface area contributed by atoms with Gasteiger partial charge in [-0.3, -0.25) is 0 Å². The summed E-state index contributed by atoms with van der Waals surface area (Å²) in [6, 6.07) is 8.27. The fourth-order valence-electron chi connectivity index (χ4n) is 4.42. The van der Waals surface area contributed by atoms with Gasteiger partial charge in [-0.05, 0) is 56.2 Å². The van der Waals surface area contributed by atoms with E-state index >= 15 is 0 Å². The van der Waals surface area contributed by atoms with Crippen LogP contribution in [0.5, 0.6) is 5.75 Å². The molecule has 0 bridgehead atoms. The van der Waals surface area contributed by atoms with Gasteiger partial charge < -0.3 is 23.8 Å². The van der Waals surface area contributed by atoms with Gasteiger partial charge in [0.1, 0.15) is 5.75 Å². The third kappa shape index (κ3) is 5.69. The van der Waals surface area contributed by atoms with Crippen LogP contribution in [0.1, 0.15) is 44.1 Å². The lowest BCUT2D eigenvalue weighted by Gasteiger charge is -2.36. The molecule has 1 aromatic rings. The molecule has 2 heterocycles. The predicted octanol–water partition coefficient (Wildman–Crippen LogP) is 3.65. The molecule has 5 heteroatoms. The Morgan fingerprint density at radius 1 is 1.07 bits per heavy atom. The SMILES string of the molecule is COCc1cccc(OCC2(CN3CCC(OC4CCOCC4)CC3)CC2)c1. The Bertz CT molecular complexity index is 604. The predicted molar refractivity (Wildman–Crippen MR) is 109 cm³/mol. The number of ether oxygens (including phenoxy) is 4. The summed E-state index contributed by atoms with van der Waals surface area (Å²) in [5.41, 5.74) is 1.52. The fourth-order valence-corrected chi connectivity index (χ4v) is 4.42. The van der Waals surface area contributed by atoms with Gasteiger partial charge in [-0.2, -0.15) is 0 Å². The van der Waals surface area contributed by atoms with E-state index in [1.165, 1.54) is 12.8 Å². The van der Waals surface area contributed by atoms with Crippen molar-refractivity contribution in [2.75, 3.05) is 46.6 Å². The first-order chi connectivity index (χ1) is 13.7. The van der Waals surface area contributed by atoms with Gasteiger partial charge in [0.05, 0.1) is 25.4 Å². The van der Waals surface area contributed by atoms with Crippen LogP contribution in [0.3, 0.4) is 0 Å². The van der Waals surface area contributed by atoms with Crippen LogP contribution in [0.25, 0.3) is 0 Å². The first-order valence-corrected chi connectivity index (χ1v) is 10.9. The number of benzene rings is 1. The van der Waals surface area contributed by atoms with Gasteiger partial charge >= 0.3 is 0 Å². The topological polar surface area (TPSA) is 40.2 Å². The van der Waals surface area contributed by atoms with E-state index in [0.717, 1.165) is 76.5 Å². The average Bonchev–Trinajstić information content (AvgIpc) is 3.49. The van der Waals surface area contributed by atoms with E-state index in [1.807, 2.05) is 12.1 Å². The number of methoxy groups -OCH3 is 1. The minimum absolute atomic E-state index is 0.353. The van der Waals surface area contributed by atoms with Crippen LogP contribution >= 0.6 is 0 Å². The van der Waals surface area contributed by atoms with E-state index in [2.05, 4.69) is 17.0 Å². The third-order valence-electron chi connectivity index (χ3n) is 6.36. The molecule has 1 saturated carbocycles. The van der Waals surface area contributed by atoms with E-state index in [-0.39, 0.29) is 0 Å². The minimum atomic E-state index is 0.353. The molecule has 2 saturated heterocycles. The third-order valence-corrected chi connectivity index (χ3v) is 6.36. The molecule has 4 rings (SSSR count). The quantitative estimate of drug-likeness (QED) is 0.645. The first kappa shape index (κ1) is 20.1. The Labute approximate surface area is 169 Å². The Morgan fingerprint density at radius 2 is 1.82 bits per heavy atom. The van der Waals surface area contributed by atoms with Crippen molar-refractivity contribution in [3.05, 3.63) is 29.8 Å². The van der Waals surface area contributed by atoms with Crippen LogP contribution in [0.15, 0.2) is 24.3 Å². The monoisotopic (exact) mass is 389 g/mol. The Morgan fingerprint density at radius 3 is 2.54 bits per heavy atom. The van der Waals surface area contributed by atoms with Crippen molar-refractivity contribution in [1.29, 1.82) is 0 Å². The summed E-state index contributed by atoms with van der Waals surface area (Å²) in [7, 11) is 1.73. The molecular weight excluding hydrogens is 354 g/mol. The van der Waals surface area contributed by atoms with E-state index in [1.54, 1.807) is 7.11 Å². The highest BCUT2D eigenvalue weighted by atomic mass is 16.5. The smallest absolute Gasteiger partial charge is 0.119 e. The van der Waals surface area contributed by atoms with Crippen molar-refractivity contribution in [3.8, 4) is 5.75 Å². The maximum Gasteiger partial charge on any atom is 0.119 e. The van der Waals surface area contributed by atoms with Crippen molar-refractivity contribution in [2.24, 2.45) is 5.41 Å². The van der Waals surface area contributed by atoms with Crippen LogP contribution < -0.4 is 4.74 Å². The zero-order chi connectivity index (χ0) is 19.2. The van der Waals surface area contributed by atoms with Crippen LogP contribution in [-0.2, 0) is 20.8 Å². The zero-order valence-electron chi connectivity index (χ0n) is 17.2. The van der Waals surface area contributed by atoms with Crippen molar-refractivity contribution in [2.45, 2.75) is 57.3 Å². The molecule has 28 heavy (non-hydrogen) atoms. The summed E-state index contributed by atoms with van der Waals surface area (Å²) in [6.07, 6.45) is 7.86. The summed E-state index contributed by atoms with van der Waals surface area (Å²) in [5.74, 6) is 0.962. The van der Waals surface area contributed by atoms with Gasteiger partial charge in [-0.25, -0.2) is 0 Å². The number of rotatable bonds is 9. The lowest BCUT2D eigenvalue weighted by atomic mass is 10.0. The van der Waals surface area contributed by atoms with Gasteiger partial charge in [0.2, 0.25) is 0 Å². The lowest BCUT2D eigenvalue weighted by molar-refractivity contribution is -0.0858. The van der Waals surface area contributed by atoms with E-state index in [9.17, 15) is 0 Å². The second-order valence-electron chi connectivity index (χ2n) is 8.79. The van der Waals surface area contributed by atoms with Crippen molar-refractivity contribution >= 4 is 0 Å². The zero-order valence-corrected chi connectivity index (χ0v) is 17.2. The summed E-state index contributed by atoms with van der Waals surface area (Å²) < 4.78 is 23.1. The van der Waals surface area contributed by atoms with Crippen LogP contribution in [0.4, 0.5) is 0 Å². The van der Waals surface area contributed by atoms with Gasteiger partial charge in [-0.1, -0.05) is 12.1 Å². The normalized spacial score (nSPS) is 23.6. The van der Waals surface area contributed by atoms with E-state index in [0.29, 0.717) is 24.2 Å². The standard InChI is InChI=1S/C23H35NO4/c1-25-16-19-3-2-4-22(15-19)27-18-23(9-10-23)17-24-11-5-20(6-12-24)28-21-7-13-26-14-8-21/h2-4,15,20-21H,5-14,16-18H2,1H3. The second kappa shape index (κ2) is 9.57. The molecule has 0 spiro atoms. The minimum Gasteiger partial charge on any atom is -0.493 e. The molecular formula is C23H35NO4. The summed E-state index contributed by atoms with van der Waals surface area (Å²) in [4.78, 5) is 2.63. The molecule has 1 aromatic carbocycles. The largest absolute Gasteiger partial charge is 0.493 e. The van der Waals surface area contributed by atoms with Crippen LogP contribution in [0.2, 0.25) is 0 Å². The second-order valence-corrected chi connectivity index (χ2v) is 8.79. The number of piperidine rings is 1. The van der Waals surface area contributed by atoms with Gasteiger partial charge in [0.25, 0.3) is 0 Å². The van der Waals surface area contributed by atoms with Gasteiger partial charge in [0.15, 0.2) is 0 Å². The van der Waals surface area contributed by atoms with Crippen molar-refractivity contribution in [1.82, 2.24) is 4.90 Å². The Balaban J connectivity index is 1.19. The molecule has 0 atom stereocenters. The van der Waals surface area contributed by atoms with E-state index < -0.39 is 0 Å². The van der Waals surface area contributed by atoms with E-state index in [4.69, 9.17) is 18.9 Å². The molecule has 0 N–H and O–H groups in total. The molecule has 1 aliphatic carbocycles. The summed E-state index contributed by atoms with van der Waals surface area (Å²) in [6.45, 7) is 6.64. The highest BCUT2D eigenvalue weighted by molar-refractivity contribution is 5.28. The van der Waals surface area contributed by atoms with Crippen LogP contribution in [0, 0.1) is 5.41 Å². The summed E-state index contributed by atoms with van der Waals surface area (Å²) in [5, 5.41) is 0. The highest BCUT2D eigenvalue weighted by Crippen LogP contribution is 2.47. The van der Waals surface area contributed by atoms with Gasteiger partial charge in [0, 0.05) is 45.4 Å². The van der Waals surface area contributed by atoms with Gasteiger partial charge in [-0.15, -0.1) is 0 Å².